The maximum Gasteiger partial charge on any atom is 0.357 e. The molecule has 0 bridgehead atoms. The Morgan fingerprint density at radius 2 is 1.52 bits per heavy atom. The van der Waals surface area contributed by atoms with E-state index < -0.39 is 13.4 Å². The Balaban J connectivity index is 2.20. The van der Waals surface area contributed by atoms with Crippen LogP contribution < -0.4 is 10.6 Å². The lowest BCUT2D eigenvalue weighted by Crippen LogP contribution is -2.45. The van der Waals surface area contributed by atoms with Crippen LogP contribution in [-0.4, -0.2) is 23.4 Å². The smallest absolute Gasteiger partial charge is 0.357 e. The average Bonchev–Trinajstić information content (AvgIpc) is 2.66. The zero-order valence-corrected chi connectivity index (χ0v) is 20.1. The van der Waals surface area contributed by atoms with E-state index in [2.05, 4.69) is 17.6 Å². The third kappa shape index (κ3) is 7.67. The molecule has 0 saturated heterocycles. The number of rotatable bonds is 9. The van der Waals surface area contributed by atoms with E-state index in [1.54, 1.807) is 0 Å². The Morgan fingerprint density at radius 3 is 2.03 bits per heavy atom. The minimum Gasteiger partial charge on any atom is -0.360 e. The first-order valence-corrected chi connectivity index (χ1v) is 12.8. The molecule has 0 spiro atoms. The molecule has 5 nitrogen and oxygen atoms in total. The fourth-order valence-corrected chi connectivity index (χ4v) is 6.52. The zero-order valence-electron chi connectivity index (χ0n) is 18.4. The van der Waals surface area contributed by atoms with Crippen LogP contribution in [0.4, 0.5) is 0 Å². The summed E-state index contributed by atoms with van der Waals surface area (Å²) in [5.74, 6) is -0.0589. The van der Waals surface area contributed by atoms with E-state index in [4.69, 9.17) is 21.3 Å². The highest BCUT2D eigenvalue weighted by atomic mass is 32.1. The van der Waals surface area contributed by atoms with Crippen molar-refractivity contribution in [3.8, 4) is 0 Å². The fraction of sp³-hybridized carbons (Fsp3) is 0.682. The molecule has 1 unspecified atom stereocenters. The molecule has 164 valence electrons. The van der Waals surface area contributed by atoms with Crippen LogP contribution in [0, 0.1) is 5.92 Å². The normalized spacial score (nSPS) is 17.9. The van der Waals surface area contributed by atoms with Crippen molar-refractivity contribution in [3.05, 3.63) is 35.9 Å². The molecule has 0 radical (unpaired) electrons. The van der Waals surface area contributed by atoms with Crippen molar-refractivity contribution in [2.24, 2.45) is 5.92 Å². The summed E-state index contributed by atoms with van der Waals surface area (Å²) in [4.78, 5) is 0. The van der Waals surface area contributed by atoms with Crippen LogP contribution in [0.5, 0.6) is 0 Å². The average molecular weight is 441 g/mol. The topological polar surface area (TPSA) is 59.6 Å². The van der Waals surface area contributed by atoms with Gasteiger partial charge < -0.3 is 19.7 Å². The number of thiocarbonyl (C=S) groups is 1. The maximum absolute atomic E-state index is 13.9. The van der Waals surface area contributed by atoms with Gasteiger partial charge in [0, 0.05) is 6.04 Å². The first kappa shape index (κ1) is 24.3. The Bertz CT molecular complexity index is 664. The summed E-state index contributed by atoms with van der Waals surface area (Å²) in [5, 5.41) is 7.16. The van der Waals surface area contributed by atoms with E-state index in [1.165, 1.54) is 32.1 Å². The van der Waals surface area contributed by atoms with E-state index in [0.29, 0.717) is 11.0 Å². The molecule has 7 heteroatoms. The maximum atomic E-state index is 13.9. The molecule has 1 aromatic rings. The molecular formula is C22H37N2O3PS. The first-order chi connectivity index (χ1) is 13.7. The predicted molar refractivity (Wildman–Crippen MR) is 124 cm³/mol. The highest BCUT2D eigenvalue weighted by Gasteiger charge is 2.40. The van der Waals surface area contributed by atoms with E-state index in [0.717, 1.165) is 5.56 Å². The van der Waals surface area contributed by atoms with E-state index >= 15 is 0 Å². The zero-order chi connectivity index (χ0) is 21.4. The molecular weight excluding hydrogens is 403 g/mol. The summed E-state index contributed by atoms with van der Waals surface area (Å²) in [6, 6.07) is 9.87. The molecule has 1 aromatic carbocycles. The van der Waals surface area contributed by atoms with Gasteiger partial charge in [0.05, 0.1) is 12.2 Å². The lowest BCUT2D eigenvalue weighted by molar-refractivity contribution is 0.135. The lowest BCUT2D eigenvalue weighted by Gasteiger charge is -2.33. The van der Waals surface area contributed by atoms with Gasteiger partial charge in [-0.15, -0.1) is 0 Å². The minimum absolute atomic E-state index is 0.240. The molecule has 0 amide bonds. The molecule has 0 aromatic heterocycles. The Hall–Kier alpha value is -0.940. The monoisotopic (exact) mass is 440 g/mol. The third-order valence-electron chi connectivity index (χ3n) is 5.13. The quantitative estimate of drug-likeness (QED) is 0.354. The van der Waals surface area contributed by atoms with E-state index in [9.17, 15) is 4.57 Å². The van der Waals surface area contributed by atoms with Gasteiger partial charge in [0.2, 0.25) is 0 Å². The molecule has 29 heavy (non-hydrogen) atoms. The summed E-state index contributed by atoms with van der Waals surface area (Å²) in [7, 11) is -3.53. The van der Waals surface area contributed by atoms with Gasteiger partial charge in [0.25, 0.3) is 0 Å². The standard InChI is InChI=1S/C22H37N2O3PS/c1-16(2)26-28(25,27-17(3)4)21(20-14-10-7-11-15-20)24-22(29)23-18(5)19-12-8-6-9-13-19/h7,10-11,14-19,21H,6,8-9,12-13H2,1-5H3,(H2,23,24,29)/t18-,21?/m0/s1. The van der Waals surface area contributed by atoms with Crippen LogP contribution in [-0.2, 0) is 13.6 Å². The van der Waals surface area contributed by atoms with Crippen molar-refractivity contribution in [1.82, 2.24) is 10.6 Å². The van der Waals surface area contributed by atoms with Gasteiger partial charge >= 0.3 is 7.60 Å². The summed E-state index contributed by atoms with van der Waals surface area (Å²) < 4.78 is 25.6. The van der Waals surface area contributed by atoms with Crippen molar-refractivity contribution in [3.63, 3.8) is 0 Å². The Kier molecular flexibility index (Phi) is 9.61. The second-order valence-corrected chi connectivity index (χ2v) is 10.9. The van der Waals surface area contributed by atoms with Gasteiger partial charge in [-0.1, -0.05) is 49.6 Å². The van der Waals surface area contributed by atoms with Gasteiger partial charge in [-0.2, -0.15) is 0 Å². The highest BCUT2D eigenvalue weighted by molar-refractivity contribution is 7.80. The molecule has 2 rings (SSSR count). The number of nitrogens with one attached hydrogen (secondary N) is 2. The molecule has 1 fully saturated rings. The molecule has 1 saturated carbocycles. The summed E-state index contributed by atoms with van der Waals surface area (Å²) >= 11 is 5.62. The minimum atomic E-state index is -3.53. The molecule has 2 atom stereocenters. The van der Waals surface area contributed by atoms with Crippen molar-refractivity contribution < 1.29 is 13.6 Å². The molecule has 0 heterocycles. The van der Waals surface area contributed by atoms with E-state index in [1.807, 2.05) is 58.0 Å². The Morgan fingerprint density at radius 1 is 0.966 bits per heavy atom. The van der Waals surface area contributed by atoms with Gasteiger partial charge in [-0.3, -0.25) is 4.57 Å². The summed E-state index contributed by atoms with van der Waals surface area (Å²) in [6.07, 6.45) is 5.86. The fourth-order valence-electron chi connectivity index (χ4n) is 3.84. The van der Waals surface area contributed by atoms with Crippen LogP contribution in [0.3, 0.4) is 0 Å². The van der Waals surface area contributed by atoms with Crippen LogP contribution in [0.25, 0.3) is 0 Å². The Labute approximate surface area is 181 Å². The third-order valence-corrected chi connectivity index (χ3v) is 7.86. The van der Waals surface area contributed by atoms with Crippen LogP contribution >= 0.6 is 19.8 Å². The molecule has 2 N–H and O–H groups in total. The largest absolute Gasteiger partial charge is 0.360 e. The predicted octanol–water partition coefficient (Wildman–Crippen LogP) is 6.16. The van der Waals surface area contributed by atoms with Crippen LogP contribution in [0.1, 0.15) is 78.1 Å². The summed E-state index contributed by atoms with van der Waals surface area (Å²) in [6.45, 7) is 9.62. The van der Waals surface area contributed by atoms with Crippen molar-refractivity contribution in [2.75, 3.05) is 0 Å². The van der Waals surface area contributed by atoms with Crippen molar-refractivity contribution >= 4 is 24.9 Å². The van der Waals surface area contributed by atoms with Gasteiger partial charge in [-0.25, -0.2) is 0 Å². The SMILES string of the molecule is CC(C)OP(=O)(OC(C)C)C(NC(=S)N[C@@H](C)C1CCCCC1)c1ccccc1. The number of hydrogen-bond donors (Lipinski definition) is 2. The van der Waals surface area contributed by atoms with Gasteiger partial charge in [0.1, 0.15) is 0 Å². The first-order valence-electron chi connectivity index (χ1n) is 10.8. The number of hydrogen-bond acceptors (Lipinski definition) is 4. The van der Waals surface area contributed by atoms with Crippen LogP contribution in [0.2, 0.25) is 0 Å². The van der Waals surface area contributed by atoms with E-state index in [-0.39, 0.29) is 18.2 Å². The van der Waals surface area contributed by atoms with Crippen LogP contribution in [0.15, 0.2) is 30.3 Å². The van der Waals surface area contributed by atoms with Crippen molar-refractivity contribution in [1.29, 1.82) is 0 Å². The van der Waals surface area contributed by atoms with Gasteiger partial charge in [0.15, 0.2) is 10.9 Å². The van der Waals surface area contributed by atoms with Gasteiger partial charge in [-0.05, 0) is 71.2 Å². The second-order valence-electron chi connectivity index (χ2n) is 8.47. The second kappa shape index (κ2) is 11.5. The summed E-state index contributed by atoms with van der Waals surface area (Å²) in [5.41, 5.74) is 0.826. The number of benzene rings is 1. The van der Waals surface area contributed by atoms with Crippen molar-refractivity contribution in [2.45, 2.75) is 90.8 Å². The lowest BCUT2D eigenvalue weighted by atomic mass is 9.85. The highest BCUT2D eigenvalue weighted by Crippen LogP contribution is 2.61. The molecule has 1 aliphatic carbocycles. The molecule has 0 aliphatic heterocycles. The molecule has 1 aliphatic rings.